The normalized spacial score (nSPS) is 12.3. The lowest BCUT2D eigenvalue weighted by molar-refractivity contribution is 0.485. The van der Waals surface area contributed by atoms with Gasteiger partial charge >= 0.3 is 10.1 Å². The highest BCUT2D eigenvalue weighted by Gasteiger charge is 2.20. The van der Waals surface area contributed by atoms with Crippen LogP contribution in [0.4, 0.5) is 0 Å². The van der Waals surface area contributed by atoms with Crippen LogP contribution in [0.2, 0.25) is 5.02 Å². The van der Waals surface area contributed by atoms with E-state index >= 15 is 0 Å². The molecule has 0 aliphatic heterocycles. The van der Waals surface area contributed by atoms with Gasteiger partial charge in [-0.2, -0.15) is 8.42 Å². The Kier molecular flexibility index (Phi) is 4.79. The second-order valence-corrected chi connectivity index (χ2v) is 8.61. The number of halogens is 1. The summed E-state index contributed by atoms with van der Waals surface area (Å²) in [6, 6.07) is 10.0. The molecular weight excluding hydrogens is 332 g/mol. The lowest BCUT2D eigenvalue weighted by atomic mass is 9.87. The maximum Gasteiger partial charge on any atom is 0.339 e. The first-order valence-electron chi connectivity index (χ1n) is 7.32. The first kappa shape index (κ1) is 17.8. The topological polar surface area (TPSA) is 43.4 Å². The van der Waals surface area contributed by atoms with Gasteiger partial charge in [0.05, 0.1) is 0 Å². The first-order valence-corrected chi connectivity index (χ1v) is 9.11. The molecule has 0 aromatic heterocycles. The van der Waals surface area contributed by atoms with Crippen LogP contribution in [0.1, 0.15) is 37.5 Å². The van der Waals surface area contributed by atoms with Crippen LogP contribution in [-0.4, -0.2) is 8.42 Å². The molecule has 0 N–H and O–H groups in total. The summed E-state index contributed by atoms with van der Waals surface area (Å²) in [5.74, 6) is 0.268. The molecule has 0 heterocycles. The van der Waals surface area contributed by atoms with Crippen molar-refractivity contribution in [3.05, 3.63) is 58.1 Å². The molecule has 2 rings (SSSR count). The molecule has 124 valence electrons. The summed E-state index contributed by atoms with van der Waals surface area (Å²) in [6.07, 6.45) is 0. The average Bonchev–Trinajstić information content (AvgIpc) is 2.43. The van der Waals surface area contributed by atoms with Crippen molar-refractivity contribution in [1.82, 2.24) is 0 Å². The third-order valence-electron chi connectivity index (χ3n) is 3.62. The van der Waals surface area contributed by atoms with Crippen molar-refractivity contribution in [2.75, 3.05) is 0 Å². The van der Waals surface area contributed by atoms with Crippen molar-refractivity contribution in [2.24, 2.45) is 0 Å². The zero-order valence-corrected chi connectivity index (χ0v) is 15.5. The molecule has 5 heteroatoms. The number of hydrogen-bond donors (Lipinski definition) is 0. The van der Waals surface area contributed by atoms with Crippen LogP contribution in [-0.2, 0) is 15.5 Å². The lowest BCUT2D eigenvalue weighted by Gasteiger charge is -2.19. The fraction of sp³-hybridized carbons (Fsp3) is 0.333. The van der Waals surface area contributed by atoms with E-state index in [9.17, 15) is 8.42 Å². The van der Waals surface area contributed by atoms with Gasteiger partial charge in [0.25, 0.3) is 0 Å². The quantitative estimate of drug-likeness (QED) is 0.728. The van der Waals surface area contributed by atoms with Crippen LogP contribution in [0.15, 0.2) is 41.3 Å². The molecule has 0 bridgehead atoms. The minimum Gasteiger partial charge on any atom is -0.379 e. The summed E-state index contributed by atoms with van der Waals surface area (Å²) in [5, 5.41) is 0.615. The van der Waals surface area contributed by atoms with E-state index in [4.69, 9.17) is 15.8 Å². The van der Waals surface area contributed by atoms with Gasteiger partial charge in [0.15, 0.2) is 0 Å². The molecule has 0 spiro atoms. The van der Waals surface area contributed by atoms with Gasteiger partial charge in [-0.05, 0) is 60.2 Å². The Balaban J connectivity index is 2.32. The number of hydrogen-bond acceptors (Lipinski definition) is 3. The minimum absolute atomic E-state index is 0.0342. The summed E-state index contributed by atoms with van der Waals surface area (Å²) in [5.41, 5.74) is 2.59. The second kappa shape index (κ2) is 6.17. The SMILES string of the molecule is Cc1cc(OS(=O)(=O)c2ccc(C(C)(C)C)cc2)cc(C)c1Cl. The predicted molar refractivity (Wildman–Crippen MR) is 93.9 cm³/mol. The van der Waals surface area contributed by atoms with Gasteiger partial charge in [0.2, 0.25) is 0 Å². The van der Waals surface area contributed by atoms with Crippen molar-refractivity contribution in [1.29, 1.82) is 0 Å². The Labute approximate surface area is 143 Å². The highest BCUT2D eigenvalue weighted by Crippen LogP contribution is 2.29. The van der Waals surface area contributed by atoms with Crippen LogP contribution in [0.5, 0.6) is 5.75 Å². The van der Waals surface area contributed by atoms with Crippen molar-refractivity contribution in [3.63, 3.8) is 0 Å². The molecule has 0 radical (unpaired) electrons. The van der Waals surface area contributed by atoms with Crippen LogP contribution >= 0.6 is 11.6 Å². The smallest absolute Gasteiger partial charge is 0.339 e. The van der Waals surface area contributed by atoms with E-state index in [2.05, 4.69) is 20.8 Å². The second-order valence-electron chi connectivity index (χ2n) is 6.68. The molecule has 2 aromatic rings. The summed E-state index contributed by atoms with van der Waals surface area (Å²) in [4.78, 5) is 0.135. The fourth-order valence-corrected chi connectivity index (χ4v) is 3.28. The van der Waals surface area contributed by atoms with E-state index in [0.717, 1.165) is 16.7 Å². The van der Waals surface area contributed by atoms with Crippen molar-refractivity contribution in [2.45, 2.75) is 44.9 Å². The first-order chi connectivity index (χ1) is 10.5. The Hall–Kier alpha value is -1.52. The summed E-state index contributed by atoms with van der Waals surface area (Å²) < 4.78 is 30.1. The van der Waals surface area contributed by atoms with E-state index in [-0.39, 0.29) is 16.1 Å². The Morgan fingerprint density at radius 1 is 0.957 bits per heavy atom. The number of aryl methyl sites for hydroxylation is 2. The van der Waals surface area contributed by atoms with Crippen LogP contribution in [0.25, 0.3) is 0 Å². The lowest BCUT2D eigenvalue weighted by Crippen LogP contribution is -2.13. The molecule has 0 unspecified atom stereocenters. The van der Waals surface area contributed by atoms with E-state index in [1.807, 2.05) is 26.0 Å². The van der Waals surface area contributed by atoms with Crippen molar-refractivity contribution in [3.8, 4) is 5.75 Å². The van der Waals surface area contributed by atoms with Crippen LogP contribution < -0.4 is 4.18 Å². The van der Waals surface area contributed by atoms with E-state index < -0.39 is 10.1 Å². The summed E-state index contributed by atoms with van der Waals surface area (Å²) >= 11 is 6.09. The molecule has 0 amide bonds. The molecule has 3 nitrogen and oxygen atoms in total. The van der Waals surface area contributed by atoms with Gasteiger partial charge in [-0.25, -0.2) is 0 Å². The maximum absolute atomic E-state index is 12.4. The van der Waals surface area contributed by atoms with Gasteiger partial charge in [-0.15, -0.1) is 0 Å². The largest absolute Gasteiger partial charge is 0.379 e. The molecule has 23 heavy (non-hydrogen) atoms. The maximum atomic E-state index is 12.4. The van der Waals surface area contributed by atoms with Crippen LogP contribution in [0, 0.1) is 13.8 Å². The highest BCUT2D eigenvalue weighted by molar-refractivity contribution is 7.87. The summed E-state index contributed by atoms with van der Waals surface area (Å²) in [6.45, 7) is 9.85. The number of benzene rings is 2. The minimum atomic E-state index is -3.87. The molecular formula is C18H21ClO3S. The van der Waals surface area contributed by atoms with Gasteiger partial charge in [0.1, 0.15) is 10.6 Å². The zero-order valence-electron chi connectivity index (χ0n) is 14.0. The summed E-state index contributed by atoms with van der Waals surface area (Å²) in [7, 11) is -3.87. The molecule has 0 fully saturated rings. The monoisotopic (exact) mass is 352 g/mol. The molecule has 0 atom stereocenters. The van der Waals surface area contributed by atoms with Gasteiger partial charge in [-0.3, -0.25) is 0 Å². The van der Waals surface area contributed by atoms with Gasteiger partial charge in [0, 0.05) is 5.02 Å². The van der Waals surface area contributed by atoms with Crippen molar-refractivity contribution < 1.29 is 12.6 Å². The third-order valence-corrected chi connectivity index (χ3v) is 5.48. The Morgan fingerprint density at radius 3 is 1.87 bits per heavy atom. The average molecular weight is 353 g/mol. The zero-order chi connectivity index (χ0) is 17.4. The highest BCUT2D eigenvalue weighted by atomic mass is 35.5. The van der Waals surface area contributed by atoms with Crippen molar-refractivity contribution >= 4 is 21.7 Å². The fourth-order valence-electron chi connectivity index (χ4n) is 2.25. The van der Waals surface area contributed by atoms with E-state index in [1.54, 1.807) is 24.3 Å². The standard InChI is InChI=1S/C18H21ClO3S/c1-12-10-15(11-13(2)17(12)19)22-23(20,21)16-8-6-14(7-9-16)18(3,4)5/h6-11H,1-5H3. The van der Waals surface area contributed by atoms with Crippen LogP contribution in [0.3, 0.4) is 0 Å². The van der Waals surface area contributed by atoms with Gasteiger partial charge < -0.3 is 4.18 Å². The Bertz CT molecular complexity index is 793. The molecule has 0 saturated heterocycles. The van der Waals surface area contributed by atoms with E-state index in [1.165, 1.54) is 0 Å². The molecule has 2 aromatic carbocycles. The van der Waals surface area contributed by atoms with E-state index in [0.29, 0.717) is 5.02 Å². The third kappa shape index (κ3) is 4.06. The van der Waals surface area contributed by atoms with Gasteiger partial charge in [-0.1, -0.05) is 44.5 Å². The number of rotatable bonds is 3. The molecule has 0 saturated carbocycles. The Morgan fingerprint density at radius 2 is 1.43 bits per heavy atom. The molecule has 0 aliphatic carbocycles. The predicted octanol–water partition coefficient (Wildman–Crippen LogP) is 5.02. The molecule has 0 aliphatic rings.